The van der Waals surface area contributed by atoms with Crippen molar-refractivity contribution in [1.82, 2.24) is 10.2 Å². The van der Waals surface area contributed by atoms with E-state index in [4.69, 9.17) is 0 Å². The molecule has 0 unspecified atom stereocenters. The summed E-state index contributed by atoms with van der Waals surface area (Å²) in [5.41, 5.74) is 0.159. The summed E-state index contributed by atoms with van der Waals surface area (Å²) >= 11 is 0. The lowest BCUT2D eigenvalue weighted by molar-refractivity contribution is -0.144. The van der Waals surface area contributed by atoms with E-state index in [-0.39, 0.29) is 23.3 Å². The highest BCUT2D eigenvalue weighted by Gasteiger charge is 2.57. The largest absolute Gasteiger partial charge is 0.350 e. The van der Waals surface area contributed by atoms with E-state index in [0.29, 0.717) is 24.4 Å². The van der Waals surface area contributed by atoms with Gasteiger partial charge in [0, 0.05) is 24.5 Å². The number of carbonyl (C=O) groups excluding carboxylic acids is 2. The summed E-state index contributed by atoms with van der Waals surface area (Å²) in [6.07, 6.45) is 14.2. The minimum Gasteiger partial charge on any atom is -0.350 e. The van der Waals surface area contributed by atoms with Crippen molar-refractivity contribution in [2.24, 2.45) is 29.1 Å². The number of amides is 2. The van der Waals surface area contributed by atoms with Gasteiger partial charge in [0.25, 0.3) is 0 Å². The Morgan fingerprint density at radius 3 is 2.14 bits per heavy atom. The Balaban J connectivity index is 1.27. The molecule has 5 saturated carbocycles. The molecule has 1 heterocycles. The van der Waals surface area contributed by atoms with Crippen molar-refractivity contribution >= 4 is 11.8 Å². The number of hydrogen-bond acceptors (Lipinski definition) is 2. The summed E-state index contributed by atoms with van der Waals surface area (Å²) in [4.78, 5) is 27.8. The maximum atomic E-state index is 13.3. The second kappa shape index (κ2) is 6.74. The quantitative estimate of drug-likeness (QED) is 0.784. The van der Waals surface area contributed by atoms with Gasteiger partial charge in [-0.25, -0.2) is 0 Å². The molecular weight excluding hydrogens is 348 g/mol. The van der Waals surface area contributed by atoms with Crippen LogP contribution in [-0.2, 0) is 9.59 Å². The third-order valence-electron chi connectivity index (χ3n) is 9.38. The van der Waals surface area contributed by atoms with Crippen molar-refractivity contribution in [3.63, 3.8) is 0 Å². The van der Waals surface area contributed by atoms with Crippen molar-refractivity contribution in [2.75, 3.05) is 6.54 Å². The molecule has 1 atom stereocenters. The zero-order valence-electron chi connectivity index (χ0n) is 17.8. The van der Waals surface area contributed by atoms with Crippen molar-refractivity contribution in [2.45, 2.75) is 102 Å². The molecule has 5 aliphatic carbocycles. The molecule has 0 aromatic heterocycles. The van der Waals surface area contributed by atoms with Gasteiger partial charge in [-0.05, 0) is 94.8 Å². The van der Waals surface area contributed by atoms with Crippen LogP contribution in [0.2, 0.25) is 0 Å². The topological polar surface area (TPSA) is 49.4 Å². The van der Waals surface area contributed by atoms with Gasteiger partial charge in [0.1, 0.15) is 0 Å². The monoisotopic (exact) mass is 386 g/mol. The van der Waals surface area contributed by atoms with Gasteiger partial charge in [-0.2, -0.15) is 0 Å². The summed E-state index contributed by atoms with van der Waals surface area (Å²) in [6.45, 7) is 5.23. The van der Waals surface area contributed by atoms with E-state index in [1.54, 1.807) is 0 Å². The number of nitrogens with zero attached hydrogens (tertiary/aromatic N) is 1. The molecular formula is C24H38N2O2. The van der Waals surface area contributed by atoms with E-state index in [1.807, 2.05) is 0 Å². The molecule has 2 amide bonds. The first kappa shape index (κ1) is 18.9. The first-order chi connectivity index (χ1) is 13.4. The van der Waals surface area contributed by atoms with Crippen LogP contribution in [-0.4, -0.2) is 34.8 Å². The van der Waals surface area contributed by atoms with Gasteiger partial charge in [-0.15, -0.1) is 0 Å². The zero-order valence-corrected chi connectivity index (χ0v) is 17.8. The van der Waals surface area contributed by atoms with Crippen LogP contribution in [0.3, 0.4) is 0 Å². The number of nitrogens with one attached hydrogen (secondary N) is 1. The fraction of sp³-hybridized carbons (Fsp3) is 0.917. The maximum Gasteiger partial charge on any atom is 0.225 e. The summed E-state index contributed by atoms with van der Waals surface area (Å²) in [5, 5.41) is 3.53. The van der Waals surface area contributed by atoms with Crippen LogP contribution in [0.25, 0.3) is 0 Å². The molecule has 6 aliphatic rings. The Kier molecular flexibility index (Phi) is 4.56. The Bertz CT molecular complexity index is 614. The lowest BCUT2D eigenvalue weighted by Crippen LogP contribution is -2.64. The van der Waals surface area contributed by atoms with Gasteiger partial charge in [0.05, 0.1) is 5.92 Å². The SMILES string of the molecule is CC(C)(NC(=O)[C@H]1CCC(=O)N(C2CCCC2)C1)C12CC3CC(CC(C3)C1)C2. The zero-order chi connectivity index (χ0) is 19.5. The molecule has 4 bridgehead atoms. The molecule has 6 rings (SSSR count). The molecule has 4 heteroatoms. The molecule has 28 heavy (non-hydrogen) atoms. The second-order valence-electron chi connectivity index (χ2n) is 11.5. The van der Waals surface area contributed by atoms with Gasteiger partial charge in [0.2, 0.25) is 11.8 Å². The van der Waals surface area contributed by atoms with Crippen molar-refractivity contribution in [3.05, 3.63) is 0 Å². The second-order valence-corrected chi connectivity index (χ2v) is 11.5. The Morgan fingerprint density at radius 2 is 1.57 bits per heavy atom. The van der Waals surface area contributed by atoms with E-state index in [2.05, 4.69) is 24.1 Å². The van der Waals surface area contributed by atoms with Crippen LogP contribution in [0.15, 0.2) is 0 Å². The molecule has 0 aromatic rings. The predicted octanol–water partition coefficient (Wildman–Crippen LogP) is 4.28. The molecule has 0 radical (unpaired) electrons. The van der Waals surface area contributed by atoms with E-state index in [0.717, 1.165) is 37.0 Å². The van der Waals surface area contributed by atoms with Crippen LogP contribution < -0.4 is 5.32 Å². The predicted molar refractivity (Wildman–Crippen MR) is 110 cm³/mol. The van der Waals surface area contributed by atoms with E-state index in [1.165, 1.54) is 51.4 Å². The Labute approximate surface area is 170 Å². The van der Waals surface area contributed by atoms with Gasteiger partial charge >= 0.3 is 0 Å². The van der Waals surface area contributed by atoms with Crippen molar-refractivity contribution < 1.29 is 9.59 Å². The third-order valence-corrected chi connectivity index (χ3v) is 9.38. The lowest BCUT2D eigenvalue weighted by atomic mass is 9.45. The smallest absolute Gasteiger partial charge is 0.225 e. The highest BCUT2D eigenvalue weighted by atomic mass is 16.2. The number of rotatable bonds is 4. The molecule has 6 fully saturated rings. The first-order valence-electron chi connectivity index (χ1n) is 12.0. The molecule has 4 nitrogen and oxygen atoms in total. The van der Waals surface area contributed by atoms with Gasteiger partial charge in [-0.1, -0.05) is 12.8 Å². The average Bonchev–Trinajstić information content (AvgIpc) is 3.15. The highest BCUT2D eigenvalue weighted by Crippen LogP contribution is 2.63. The fourth-order valence-corrected chi connectivity index (χ4v) is 8.07. The molecule has 0 aromatic carbocycles. The maximum absolute atomic E-state index is 13.3. The number of likely N-dealkylation sites (tertiary alicyclic amines) is 1. The van der Waals surface area contributed by atoms with E-state index < -0.39 is 0 Å². The summed E-state index contributed by atoms with van der Waals surface area (Å²) in [7, 11) is 0. The Morgan fingerprint density at radius 1 is 1.00 bits per heavy atom. The fourth-order valence-electron chi connectivity index (χ4n) is 8.07. The average molecular weight is 387 g/mol. The van der Waals surface area contributed by atoms with Crippen LogP contribution in [0.1, 0.15) is 90.9 Å². The van der Waals surface area contributed by atoms with Gasteiger partial charge in [-0.3, -0.25) is 9.59 Å². The highest BCUT2D eigenvalue weighted by molar-refractivity contribution is 5.84. The number of hydrogen-bond donors (Lipinski definition) is 1. The van der Waals surface area contributed by atoms with Crippen molar-refractivity contribution in [3.8, 4) is 0 Å². The summed E-state index contributed by atoms with van der Waals surface area (Å²) < 4.78 is 0. The van der Waals surface area contributed by atoms with E-state index in [9.17, 15) is 9.59 Å². The van der Waals surface area contributed by atoms with Crippen molar-refractivity contribution in [1.29, 1.82) is 0 Å². The third kappa shape index (κ3) is 3.10. The van der Waals surface area contributed by atoms with Gasteiger partial charge in [0.15, 0.2) is 0 Å². The van der Waals surface area contributed by atoms with Crippen LogP contribution in [0.5, 0.6) is 0 Å². The van der Waals surface area contributed by atoms with Gasteiger partial charge < -0.3 is 10.2 Å². The molecule has 1 N–H and O–H groups in total. The standard InChI is InChI=1S/C24H38N2O2/c1-23(2,24-12-16-9-17(13-24)11-18(10-16)14-24)25-22(28)19-7-8-21(27)26(15-19)20-5-3-4-6-20/h16-20H,3-15H2,1-2H3,(H,25,28)/t16?,17?,18?,19-,24?/m0/s1. The minimum atomic E-state index is -0.139. The van der Waals surface area contributed by atoms with E-state index >= 15 is 0 Å². The van der Waals surface area contributed by atoms with Crippen LogP contribution in [0.4, 0.5) is 0 Å². The van der Waals surface area contributed by atoms with Crippen LogP contribution in [0, 0.1) is 29.1 Å². The summed E-state index contributed by atoms with van der Waals surface area (Å²) in [6, 6.07) is 0.388. The first-order valence-corrected chi connectivity index (χ1v) is 12.0. The number of piperidine rings is 1. The molecule has 0 spiro atoms. The lowest BCUT2D eigenvalue weighted by Gasteiger charge is -2.62. The normalized spacial score (nSPS) is 40.9. The number of carbonyl (C=O) groups is 2. The minimum absolute atomic E-state index is 0.0218. The summed E-state index contributed by atoms with van der Waals surface area (Å²) in [5.74, 6) is 3.15. The molecule has 1 aliphatic heterocycles. The van der Waals surface area contributed by atoms with Crippen LogP contribution >= 0.6 is 0 Å². The molecule has 1 saturated heterocycles. The molecule has 156 valence electrons. The Hall–Kier alpha value is -1.06.